The summed E-state index contributed by atoms with van der Waals surface area (Å²) in [6.07, 6.45) is 9.83. The van der Waals surface area contributed by atoms with Crippen molar-refractivity contribution in [1.82, 2.24) is 0 Å². The number of ether oxygens (including phenoxy) is 4. The molecule has 1 saturated heterocycles. The zero-order valence-electron chi connectivity index (χ0n) is 12.7. The maximum absolute atomic E-state index is 9.47. The highest BCUT2D eigenvalue weighted by Gasteiger charge is 2.46. The summed E-state index contributed by atoms with van der Waals surface area (Å²) in [4.78, 5) is 0. The Kier molecular flexibility index (Phi) is 6.94. The predicted molar refractivity (Wildman–Crippen MR) is 77.6 cm³/mol. The first-order valence-corrected chi connectivity index (χ1v) is 7.76. The summed E-state index contributed by atoms with van der Waals surface area (Å²) in [5, 5.41) is 9.47. The molecule has 0 spiro atoms. The average Bonchev–Trinajstić information content (AvgIpc) is 2.88. The molecule has 21 heavy (non-hydrogen) atoms. The zero-order chi connectivity index (χ0) is 15.1. The minimum Gasteiger partial charge on any atom is -0.394 e. The van der Waals surface area contributed by atoms with Gasteiger partial charge in [0, 0.05) is 7.11 Å². The van der Waals surface area contributed by atoms with E-state index < -0.39 is 18.5 Å². The Balaban J connectivity index is 1.92. The van der Waals surface area contributed by atoms with E-state index in [0.717, 1.165) is 0 Å². The maximum atomic E-state index is 9.47. The van der Waals surface area contributed by atoms with E-state index in [4.69, 9.17) is 25.4 Å². The molecule has 1 N–H and O–H groups in total. The van der Waals surface area contributed by atoms with Gasteiger partial charge in [-0.05, 0) is 18.8 Å². The Morgan fingerprint density at radius 3 is 2.57 bits per heavy atom. The normalized spacial score (nSPS) is 34.0. The van der Waals surface area contributed by atoms with Gasteiger partial charge in [0.2, 0.25) is 0 Å². The molecule has 1 aliphatic carbocycles. The van der Waals surface area contributed by atoms with E-state index >= 15 is 0 Å². The third-order valence-electron chi connectivity index (χ3n) is 4.29. The van der Waals surface area contributed by atoms with E-state index in [1.54, 1.807) is 7.11 Å². The topological polar surface area (TPSA) is 57.2 Å². The van der Waals surface area contributed by atoms with E-state index in [1.807, 2.05) is 0 Å². The van der Waals surface area contributed by atoms with Crippen molar-refractivity contribution in [2.75, 3.05) is 26.9 Å². The molecule has 5 heteroatoms. The SMILES string of the molecule is C#CCO[C@H]1[C@H](OC)O[C@H](CO)[C@H]1OCC1CCCCC1. The second kappa shape index (κ2) is 8.72. The maximum Gasteiger partial charge on any atom is 0.186 e. The standard InChI is InChI=1S/C16H26O5/c1-3-9-19-15-14(13(10-17)21-16(15)18-2)20-11-12-7-5-4-6-8-12/h1,12-17H,4-11H2,2H3/t13-,14-,15-,16-/m1/s1. The number of hydrogen-bond donors (Lipinski definition) is 1. The van der Waals surface area contributed by atoms with Gasteiger partial charge in [0.1, 0.15) is 24.9 Å². The van der Waals surface area contributed by atoms with Gasteiger partial charge in [-0.1, -0.05) is 25.2 Å². The van der Waals surface area contributed by atoms with E-state index in [-0.39, 0.29) is 19.3 Å². The van der Waals surface area contributed by atoms with Crippen LogP contribution < -0.4 is 0 Å². The quantitative estimate of drug-likeness (QED) is 0.719. The van der Waals surface area contributed by atoms with E-state index in [2.05, 4.69) is 5.92 Å². The summed E-state index contributed by atoms with van der Waals surface area (Å²) >= 11 is 0. The number of terminal acetylenes is 1. The minimum absolute atomic E-state index is 0.120. The van der Waals surface area contributed by atoms with Crippen molar-refractivity contribution in [2.45, 2.75) is 56.7 Å². The van der Waals surface area contributed by atoms with Crippen LogP contribution in [0.4, 0.5) is 0 Å². The largest absolute Gasteiger partial charge is 0.394 e. The number of methoxy groups -OCH3 is 1. The molecule has 2 rings (SSSR count). The number of rotatable bonds is 7. The van der Waals surface area contributed by atoms with Crippen molar-refractivity contribution >= 4 is 0 Å². The third kappa shape index (κ3) is 4.41. The molecule has 0 amide bonds. The van der Waals surface area contributed by atoms with Crippen molar-refractivity contribution in [3.05, 3.63) is 0 Å². The van der Waals surface area contributed by atoms with Gasteiger partial charge in [-0.15, -0.1) is 6.42 Å². The summed E-state index contributed by atoms with van der Waals surface area (Å²) in [6, 6.07) is 0. The highest BCUT2D eigenvalue weighted by Crippen LogP contribution is 2.29. The van der Waals surface area contributed by atoms with Crippen LogP contribution in [0.15, 0.2) is 0 Å². The zero-order valence-corrected chi connectivity index (χ0v) is 12.7. The van der Waals surface area contributed by atoms with Crippen LogP contribution in [-0.4, -0.2) is 56.6 Å². The number of hydrogen-bond acceptors (Lipinski definition) is 5. The van der Waals surface area contributed by atoms with Gasteiger partial charge < -0.3 is 24.1 Å². The molecular formula is C16H26O5. The van der Waals surface area contributed by atoms with Crippen molar-refractivity contribution in [3.8, 4) is 12.3 Å². The molecule has 1 saturated carbocycles. The molecule has 0 aromatic heterocycles. The van der Waals surface area contributed by atoms with Crippen LogP contribution in [0.2, 0.25) is 0 Å². The first-order valence-electron chi connectivity index (χ1n) is 7.76. The summed E-state index contributed by atoms with van der Waals surface area (Å²) in [5.74, 6) is 3.04. The van der Waals surface area contributed by atoms with Crippen LogP contribution >= 0.6 is 0 Å². The van der Waals surface area contributed by atoms with Crippen molar-refractivity contribution in [1.29, 1.82) is 0 Å². The van der Waals surface area contributed by atoms with Gasteiger partial charge in [-0.3, -0.25) is 0 Å². The van der Waals surface area contributed by atoms with Crippen LogP contribution in [0.1, 0.15) is 32.1 Å². The number of aliphatic hydroxyl groups is 1. The Hall–Kier alpha value is -0.640. The van der Waals surface area contributed by atoms with Crippen molar-refractivity contribution in [3.63, 3.8) is 0 Å². The van der Waals surface area contributed by atoms with Gasteiger partial charge in [0.25, 0.3) is 0 Å². The average molecular weight is 298 g/mol. The van der Waals surface area contributed by atoms with Crippen LogP contribution in [-0.2, 0) is 18.9 Å². The smallest absolute Gasteiger partial charge is 0.186 e. The molecule has 0 radical (unpaired) electrons. The van der Waals surface area contributed by atoms with Gasteiger partial charge in [0.15, 0.2) is 6.29 Å². The molecule has 0 aromatic rings. The lowest BCUT2D eigenvalue weighted by atomic mass is 9.90. The number of aliphatic hydroxyl groups excluding tert-OH is 1. The first kappa shape index (κ1) is 16.7. The molecule has 120 valence electrons. The Morgan fingerprint density at radius 2 is 1.95 bits per heavy atom. The molecule has 2 aliphatic rings. The van der Waals surface area contributed by atoms with Crippen molar-refractivity contribution < 1.29 is 24.1 Å². The predicted octanol–water partition coefficient (Wildman–Crippen LogP) is 1.33. The summed E-state index contributed by atoms with van der Waals surface area (Å²) in [6.45, 7) is 0.733. The molecule has 0 bridgehead atoms. The fourth-order valence-electron chi connectivity index (χ4n) is 3.15. The van der Waals surface area contributed by atoms with Crippen LogP contribution in [0.25, 0.3) is 0 Å². The summed E-state index contributed by atoms with van der Waals surface area (Å²) in [7, 11) is 1.55. The first-order chi connectivity index (χ1) is 10.3. The van der Waals surface area contributed by atoms with Gasteiger partial charge in [0.05, 0.1) is 13.2 Å². The fourth-order valence-corrected chi connectivity index (χ4v) is 3.15. The highest BCUT2D eigenvalue weighted by molar-refractivity contribution is 4.92. The van der Waals surface area contributed by atoms with Crippen LogP contribution in [0, 0.1) is 18.3 Å². The second-order valence-electron chi connectivity index (χ2n) is 5.74. The van der Waals surface area contributed by atoms with E-state index in [1.165, 1.54) is 32.1 Å². The monoisotopic (exact) mass is 298 g/mol. The molecule has 0 unspecified atom stereocenters. The van der Waals surface area contributed by atoms with Crippen molar-refractivity contribution in [2.24, 2.45) is 5.92 Å². The van der Waals surface area contributed by atoms with Gasteiger partial charge in [-0.25, -0.2) is 0 Å². The van der Waals surface area contributed by atoms with Gasteiger partial charge >= 0.3 is 0 Å². The molecule has 2 fully saturated rings. The Morgan fingerprint density at radius 1 is 1.19 bits per heavy atom. The lowest BCUT2D eigenvalue weighted by molar-refractivity contribution is -0.162. The second-order valence-corrected chi connectivity index (χ2v) is 5.74. The Bertz CT molecular complexity index is 334. The summed E-state index contributed by atoms with van der Waals surface area (Å²) in [5.41, 5.74) is 0. The molecule has 1 heterocycles. The minimum atomic E-state index is -0.549. The van der Waals surface area contributed by atoms with E-state index in [0.29, 0.717) is 12.5 Å². The Labute approximate surface area is 126 Å². The third-order valence-corrected chi connectivity index (χ3v) is 4.29. The fraction of sp³-hybridized carbons (Fsp3) is 0.875. The lowest BCUT2D eigenvalue weighted by Crippen LogP contribution is -2.40. The molecular weight excluding hydrogens is 272 g/mol. The van der Waals surface area contributed by atoms with Crippen LogP contribution in [0.3, 0.4) is 0 Å². The van der Waals surface area contributed by atoms with Gasteiger partial charge in [-0.2, -0.15) is 0 Å². The molecule has 5 nitrogen and oxygen atoms in total. The molecule has 4 atom stereocenters. The molecule has 1 aliphatic heterocycles. The van der Waals surface area contributed by atoms with E-state index in [9.17, 15) is 5.11 Å². The lowest BCUT2D eigenvalue weighted by Gasteiger charge is -2.27. The molecule has 0 aromatic carbocycles. The van der Waals surface area contributed by atoms with Crippen LogP contribution in [0.5, 0.6) is 0 Å². The summed E-state index contributed by atoms with van der Waals surface area (Å²) < 4.78 is 22.5. The highest BCUT2D eigenvalue weighted by atomic mass is 16.7.